The summed E-state index contributed by atoms with van der Waals surface area (Å²) < 4.78 is 0. The molecule has 0 fully saturated rings. The summed E-state index contributed by atoms with van der Waals surface area (Å²) in [6.07, 6.45) is 3.43. The van der Waals surface area contributed by atoms with Gasteiger partial charge in [0, 0.05) is 0 Å². The number of allylic oxidation sites excluding steroid dienone is 1. The minimum absolute atomic E-state index is 1.10. The molecule has 0 aliphatic heterocycles. The zero-order valence-electron chi connectivity index (χ0n) is 9.17. The Bertz CT molecular complexity index is 574. The average molecular weight is 194 g/mol. The fourth-order valence-corrected chi connectivity index (χ4v) is 2.57. The van der Waals surface area contributed by atoms with E-state index >= 15 is 0 Å². The van der Waals surface area contributed by atoms with Crippen LogP contribution in [-0.2, 0) is 6.42 Å². The third kappa shape index (κ3) is 1.29. The molecule has 3 rings (SSSR count). The highest BCUT2D eigenvalue weighted by atomic mass is 14.1. The van der Waals surface area contributed by atoms with Crippen LogP contribution in [0.15, 0.2) is 35.9 Å². The second-order valence-electron chi connectivity index (χ2n) is 4.54. The predicted octanol–water partition coefficient (Wildman–Crippen LogP) is 4.11. The normalized spacial score (nSPS) is 14.1. The molecule has 0 heterocycles. The molecule has 0 radical (unpaired) electrons. The first-order chi connectivity index (χ1) is 7.24. The molecule has 0 saturated carbocycles. The lowest BCUT2D eigenvalue weighted by Gasteiger charge is -2.16. The second kappa shape index (κ2) is 2.96. The van der Waals surface area contributed by atoms with E-state index in [1.54, 1.807) is 0 Å². The largest absolute Gasteiger partial charge is 0.0683 e. The van der Waals surface area contributed by atoms with E-state index in [0.29, 0.717) is 0 Å². The lowest BCUT2D eigenvalue weighted by molar-refractivity contribution is 1.16. The zero-order chi connectivity index (χ0) is 10.4. The molecule has 0 amide bonds. The van der Waals surface area contributed by atoms with Crippen molar-refractivity contribution in [3.63, 3.8) is 0 Å². The third-order valence-electron chi connectivity index (χ3n) is 3.11. The highest BCUT2D eigenvalue weighted by Crippen LogP contribution is 2.31. The lowest BCUT2D eigenvalue weighted by atomic mass is 9.88. The molecule has 0 saturated heterocycles. The Kier molecular flexibility index (Phi) is 1.72. The van der Waals surface area contributed by atoms with E-state index < -0.39 is 0 Å². The molecular weight excluding hydrogens is 180 g/mol. The maximum Gasteiger partial charge on any atom is -0.00602 e. The SMILES string of the molecule is CC1=Cc2cc(C)cc3cccc(c23)C1. The van der Waals surface area contributed by atoms with Crippen molar-refractivity contribution in [1.29, 1.82) is 0 Å². The van der Waals surface area contributed by atoms with Gasteiger partial charge in [-0.2, -0.15) is 0 Å². The Morgan fingerprint density at radius 2 is 1.93 bits per heavy atom. The molecule has 1 aliphatic rings. The summed E-state index contributed by atoms with van der Waals surface area (Å²) in [4.78, 5) is 0. The third-order valence-corrected chi connectivity index (χ3v) is 3.11. The van der Waals surface area contributed by atoms with Gasteiger partial charge in [0.1, 0.15) is 0 Å². The molecule has 0 heteroatoms. The van der Waals surface area contributed by atoms with Gasteiger partial charge in [0.25, 0.3) is 0 Å². The number of aryl methyl sites for hydroxylation is 1. The first-order valence-electron chi connectivity index (χ1n) is 5.43. The summed E-state index contributed by atoms with van der Waals surface area (Å²) in [5.74, 6) is 0. The van der Waals surface area contributed by atoms with Crippen LogP contribution >= 0.6 is 0 Å². The number of hydrogen-bond acceptors (Lipinski definition) is 0. The maximum atomic E-state index is 2.32. The molecule has 2 aromatic carbocycles. The van der Waals surface area contributed by atoms with Crippen molar-refractivity contribution in [3.05, 3.63) is 52.6 Å². The topological polar surface area (TPSA) is 0 Å². The van der Waals surface area contributed by atoms with Crippen LogP contribution in [0.1, 0.15) is 23.6 Å². The molecule has 0 bridgehead atoms. The van der Waals surface area contributed by atoms with Gasteiger partial charge in [-0.15, -0.1) is 0 Å². The van der Waals surface area contributed by atoms with Crippen molar-refractivity contribution in [2.45, 2.75) is 20.3 Å². The van der Waals surface area contributed by atoms with Gasteiger partial charge < -0.3 is 0 Å². The van der Waals surface area contributed by atoms with Crippen LogP contribution < -0.4 is 0 Å². The molecular formula is C15H14. The first kappa shape index (κ1) is 8.72. The van der Waals surface area contributed by atoms with Crippen LogP contribution in [0.2, 0.25) is 0 Å². The van der Waals surface area contributed by atoms with Crippen molar-refractivity contribution < 1.29 is 0 Å². The van der Waals surface area contributed by atoms with Gasteiger partial charge in [-0.3, -0.25) is 0 Å². The summed E-state index contributed by atoms with van der Waals surface area (Å²) >= 11 is 0. The Morgan fingerprint density at radius 1 is 1.07 bits per heavy atom. The molecule has 0 unspecified atom stereocenters. The second-order valence-corrected chi connectivity index (χ2v) is 4.54. The molecule has 2 aromatic rings. The monoisotopic (exact) mass is 194 g/mol. The standard InChI is InChI=1S/C15H14/c1-10-6-12-4-3-5-13-7-11(2)9-14(8-10)15(12)13/h3-6,8-9H,7H2,1-2H3. The van der Waals surface area contributed by atoms with E-state index in [0.717, 1.165) is 6.42 Å². The first-order valence-corrected chi connectivity index (χ1v) is 5.43. The Hall–Kier alpha value is -1.56. The molecule has 0 nitrogen and oxygen atoms in total. The number of benzene rings is 2. The fourth-order valence-electron chi connectivity index (χ4n) is 2.57. The molecule has 0 N–H and O–H groups in total. The van der Waals surface area contributed by atoms with Crippen LogP contribution in [-0.4, -0.2) is 0 Å². The smallest absolute Gasteiger partial charge is 0.00602 e. The maximum absolute atomic E-state index is 2.32. The van der Waals surface area contributed by atoms with Crippen molar-refractivity contribution in [3.8, 4) is 0 Å². The number of hydrogen-bond donors (Lipinski definition) is 0. The predicted molar refractivity (Wildman–Crippen MR) is 66.0 cm³/mol. The summed E-state index contributed by atoms with van der Waals surface area (Å²) in [6, 6.07) is 11.2. The summed E-state index contributed by atoms with van der Waals surface area (Å²) in [6.45, 7) is 4.38. The van der Waals surface area contributed by atoms with Crippen LogP contribution in [0.5, 0.6) is 0 Å². The molecule has 1 aliphatic carbocycles. The van der Waals surface area contributed by atoms with Gasteiger partial charge in [-0.1, -0.05) is 42.0 Å². The number of rotatable bonds is 0. The quantitative estimate of drug-likeness (QED) is 0.592. The van der Waals surface area contributed by atoms with Gasteiger partial charge in [-0.05, 0) is 47.7 Å². The van der Waals surface area contributed by atoms with Gasteiger partial charge >= 0.3 is 0 Å². The van der Waals surface area contributed by atoms with Gasteiger partial charge in [0.2, 0.25) is 0 Å². The van der Waals surface area contributed by atoms with Crippen molar-refractivity contribution >= 4 is 16.8 Å². The van der Waals surface area contributed by atoms with Crippen molar-refractivity contribution in [2.24, 2.45) is 0 Å². The highest BCUT2D eigenvalue weighted by Gasteiger charge is 2.11. The lowest BCUT2D eigenvalue weighted by Crippen LogP contribution is -1.97. The fraction of sp³-hybridized carbons (Fsp3) is 0.200. The average Bonchev–Trinajstić information content (AvgIpc) is 2.16. The van der Waals surface area contributed by atoms with E-state index in [4.69, 9.17) is 0 Å². The molecule has 0 aromatic heterocycles. The van der Waals surface area contributed by atoms with Crippen LogP contribution in [0.25, 0.3) is 16.8 Å². The molecule has 15 heavy (non-hydrogen) atoms. The van der Waals surface area contributed by atoms with Crippen LogP contribution in [0.4, 0.5) is 0 Å². The molecule has 74 valence electrons. The Labute approximate surface area is 90.2 Å². The van der Waals surface area contributed by atoms with E-state index in [1.165, 1.54) is 33.0 Å². The van der Waals surface area contributed by atoms with Crippen molar-refractivity contribution in [1.82, 2.24) is 0 Å². The van der Waals surface area contributed by atoms with Crippen molar-refractivity contribution in [2.75, 3.05) is 0 Å². The van der Waals surface area contributed by atoms with E-state index in [2.05, 4.69) is 50.3 Å². The Morgan fingerprint density at radius 3 is 2.80 bits per heavy atom. The van der Waals surface area contributed by atoms with Gasteiger partial charge in [0.15, 0.2) is 0 Å². The Balaban J connectivity index is 2.49. The van der Waals surface area contributed by atoms with E-state index in [9.17, 15) is 0 Å². The van der Waals surface area contributed by atoms with E-state index in [-0.39, 0.29) is 0 Å². The zero-order valence-corrected chi connectivity index (χ0v) is 9.17. The van der Waals surface area contributed by atoms with Crippen LogP contribution in [0, 0.1) is 6.92 Å². The van der Waals surface area contributed by atoms with Gasteiger partial charge in [-0.25, -0.2) is 0 Å². The molecule has 0 spiro atoms. The summed E-state index contributed by atoms with van der Waals surface area (Å²) in [5.41, 5.74) is 5.67. The summed E-state index contributed by atoms with van der Waals surface area (Å²) in [5, 5.41) is 2.83. The highest BCUT2D eigenvalue weighted by molar-refractivity contribution is 5.96. The molecule has 0 atom stereocenters. The minimum atomic E-state index is 1.10. The summed E-state index contributed by atoms with van der Waals surface area (Å²) in [7, 11) is 0. The minimum Gasteiger partial charge on any atom is -0.0683 e. The van der Waals surface area contributed by atoms with E-state index in [1.807, 2.05) is 0 Å². The van der Waals surface area contributed by atoms with Gasteiger partial charge in [0.05, 0.1) is 0 Å². The van der Waals surface area contributed by atoms with Crippen LogP contribution in [0.3, 0.4) is 0 Å².